The second kappa shape index (κ2) is 3.34. The second-order valence-electron chi connectivity index (χ2n) is 4.96. The van der Waals surface area contributed by atoms with Crippen molar-refractivity contribution in [2.45, 2.75) is 39.3 Å². The summed E-state index contributed by atoms with van der Waals surface area (Å²) in [6, 6.07) is 0. The Hall–Kier alpha value is -0.920. The van der Waals surface area contributed by atoms with Gasteiger partial charge in [0, 0.05) is 6.42 Å². The summed E-state index contributed by atoms with van der Waals surface area (Å²) in [6.07, 6.45) is 3.54. The zero-order valence-electron chi connectivity index (χ0n) is 9.06. The summed E-state index contributed by atoms with van der Waals surface area (Å²) in [7, 11) is 0. The van der Waals surface area contributed by atoms with Gasteiger partial charge in [-0.1, -0.05) is 25.5 Å². The molecule has 14 heavy (non-hydrogen) atoms. The first-order valence-corrected chi connectivity index (χ1v) is 4.82. The molecule has 0 fully saturated rings. The van der Waals surface area contributed by atoms with Gasteiger partial charge in [-0.25, -0.2) is 4.39 Å². The van der Waals surface area contributed by atoms with Crippen LogP contribution in [0.1, 0.15) is 33.6 Å². The molecule has 0 amide bonds. The van der Waals surface area contributed by atoms with Crippen LogP contribution < -0.4 is 0 Å². The first-order valence-electron chi connectivity index (χ1n) is 4.82. The van der Waals surface area contributed by atoms with Crippen molar-refractivity contribution in [1.82, 2.24) is 0 Å². The lowest BCUT2D eigenvalue weighted by atomic mass is 9.72. The summed E-state index contributed by atoms with van der Waals surface area (Å²) < 4.78 is 14.3. The minimum atomic E-state index is -1.73. The third-order valence-electron chi connectivity index (χ3n) is 2.45. The number of ketones is 1. The van der Waals surface area contributed by atoms with Crippen molar-refractivity contribution < 1.29 is 9.18 Å². The fraction of sp³-hybridized carbons (Fsp3) is 0.583. The highest BCUT2D eigenvalue weighted by Gasteiger charge is 2.43. The average Bonchev–Trinajstić information content (AvgIpc) is 1.95. The molecule has 0 bridgehead atoms. The maximum Gasteiger partial charge on any atom is 0.192 e. The number of hydrogen-bond donors (Lipinski definition) is 0. The molecule has 0 saturated carbocycles. The number of rotatable bonds is 2. The van der Waals surface area contributed by atoms with E-state index in [1.807, 2.05) is 13.8 Å². The maximum absolute atomic E-state index is 14.3. The Balaban J connectivity index is 2.94. The van der Waals surface area contributed by atoms with Crippen LogP contribution in [-0.2, 0) is 4.79 Å². The van der Waals surface area contributed by atoms with Crippen LogP contribution in [0.25, 0.3) is 0 Å². The van der Waals surface area contributed by atoms with E-state index < -0.39 is 11.5 Å². The molecule has 78 valence electrons. The number of halogens is 1. The monoisotopic (exact) mass is 196 g/mol. The second-order valence-corrected chi connectivity index (χ2v) is 4.96. The van der Waals surface area contributed by atoms with Crippen LogP contribution in [-0.4, -0.2) is 11.5 Å². The van der Waals surface area contributed by atoms with E-state index in [0.29, 0.717) is 5.57 Å². The summed E-state index contributed by atoms with van der Waals surface area (Å²) in [5.41, 5.74) is -1.26. The van der Waals surface area contributed by atoms with Crippen LogP contribution >= 0.6 is 0 Å². The smallest absolute Gasteiger partial charge is 0.192 e. The molecule has 0 saturated heterocycles. The molecule has 0 aromatic heterocycles. The fourth-order valence-electron chi connectivity index (χ4n) is 1.95. The van der Waals surface area contributed by atoms with Gasteiger partial charge in [0.1, 0.15) is 0 Å². The van der Waals surface area contributed by atoms with Crippen molar-refractivity contribution in [3.05, 3.63) is 24.3 Å². The number of alkyl halides is 1. The van der Waals surface area contributed by atoms with E-state index in [9.17, 15) is 9.18 Å². The molecule has 0 unspecified atom stereocenters. The predicted molar refractivity (Wildman–Crippen MR) is 55.8 cm³/mol. The van der Waals surface area contributed by atoms with Gasteiger partial charge in [-0.05, 0) is 24.8 Å². The number of carbonyl (C=O) groups excluding carboxylic acids is 1. The molecular formula is C12H17FO. The summed E-state index contributed by atoms with van der Waals surface area (Å²) in [5.74, 6) is -0.417. The number of carbonyl (C=O) groups is 1. The van der Waals surface area contributed by atoms with Crippen LogP contribution in [0.5, 0.6) is 0 Å². The molecule has 0 spiro atoms. The van der Waals surface area contributed by atoms with Gasteiger partial charge in [-0.2, -0.15) is 0 Å². The summed E-state index contributed by atoms with van der Waals surface area (Å²) in [4.78, 5) is 11.4. The lowest BCUT2D eigenvalue weighted by Gasteiger charge is -2.34. The molecule has 0 aromatic rings. The van der Waals surface area contributed by atoms with Crippen LogP contribution in [0.15, 0.2) is 24.3 Å². The largest absolute Gasteiger partial charge is 0.291 e. The average molecular weight is 196 g/mol. The quantitative estimate of drug-likeness (QED) is 0.620. The molecule has 0 heterocycles. The van der Waals surface area contributed by atoms with E-state index in [0.717, 1.165) is 0 Å². The van der Waals surface area contributed by atoms with Crippen LogP contribution in [0.2, 0.25) is 0 Å². The van der Waals surface area contributed by atoms with Crippen LogP contribution in [0, 0.1) is 5.41 Å². The van der Waals surface area contributed by atoms with E-state index in [4.69, 9.17) is 0 Å². The third-order valence-corrected chi connectivity index (χ3v) is 2.45. The Morgan fingerprint density at radius 3 is 2.71 bits per heavy atom. The van der Waals surface area contributed by atoms with Gasteiger partial charge in [-0.15, -0.1) is 6.58 Å². The highest BCUT2D eigenvalue weighted by molar-refractivity contribution is 5.98. The maximum atomic E-state index is 14.3. The fourth-order valence-corrected chi connectivity index (χ4v) is 1.95. The van der Waals surface area contributed by atoms with Gasteiger partial charge in [0.15, 0.2) is 11.5 Å². The molecule has 1 atom stereocenters. The van der Waals surface area contributed by atoms with E-state index in [1.54, 1.807) is 13.0 Å². The summed E-state index contributed by atoms with van der Waals surface area (Å²) in [6.45, 7) is 9.28. The van der Waals surface area contributed by atoms with Gasteiger partial charge < -0.3 is 0 Å². The Bertz CT molecular complexity index is 301. The van der Waals surface area contributed by atoms with E-state index in [1.165, 1.54) is 6.08 Å². The topological polar surface area (TPSA) is 17.1 Å². The Morgan fingerprint density at radius 2 is 2.21 bits per heavy atom. The number of allylic oxidation sites excluding steroid dienone is 3. The minimum Gasteiger partial charge on any atom is -0.291 e. The van der Waals surface area contributed by atoms with Crippen molar-refractivity contribution in [2.75, 3.05) is 0 Å². The highest BCUT2D eigenvalue weighted by atomic mass is 19.1. The Morgan fingerprint density at radius 1 is 1.64 bits per heavy atom. The molecule has 1 rings (SSSR count). The van der Waals surface area contributed by atoms with Crippen LogP contribution in [0.3, 0.4) is 0 Å². The van der Waals surface area contributed by atoms with E-state index in [2.05, 4.69) is 6.58 Å². The van der Waals surface area contributed by atoms with Crippen molar-refractivity contribution in [3.8, 4) is 0 Å². The molecule has 1 aliphatic rings. The first kappa shape index (κ1) is 11.2. The SMILES string of the molecule is C=C(C)C[C@]1(F)CC(C)(C)C=CC1=O. The Labute approximate surface area is 84.7 Å². The normalized spacial score (nSPS) is 30.4. The molecule has 1 aliphatic carbocycles. The van der Waals surface area contributed by atoms with Crippen molar-refractivity contribution in [3.63, 3.8) is 0 Å². The van der Waals surface area contributed by atoms with E-state index in [-0.39, 0.29) is 18.3 Å². The van der Waals surface area contributed by atoms with Crippen molar-refractivity contribution in [2.24, 2.45) is 5.41 Å². The molecular weight excluding hydrogens is 179 g/mol. The van der Waals surface area contributed by atoms with E-state index >= 15 is 0 Å². The standard InChI is InChI=1S/C12H17FO/c1-9(2)7-12(13)8-11(3,4)6-5-10(12)14/h5-6H,1,7-8H2,2-4H3/t12-/m0/s1. The molecule has 2 heteroatoms. The van der Waals surface area contributed by atoms with Gasteiger partial charge in [0.2, 0.25) is 0 Å². The van der Waals surface area contributed by atoms with Crippen LogP contribution in [0.4, 0.5) is 4.39 Å². The Kier molecular flexibility index (Phi) is 2.66. The molecule has 1 nitrogen and oxygen atoms in total. The van der Waals surface area contributed by atoms with Crippen molar-refractivity contribution >= 4 is 5.78 Å². The molecule has 0 radical (unpaired) electrons. The lowest BCUT2D eigenvalue weighted by molar-refractivity contribution is -0.128. The third kappa shape index (κ3) is 2.31. The first-order chi connectivity index (χ1) is 6.25. The highest BCUT2D eigenvalue weighted by Crippen LogP contribution is 2.40. The van der Waals surface area contributed by atoms with Gasteiger partial charge in [-0.3, -0.25) is 4.79 Å². The zero-order chi connectivity index (χ0) is 11.0. The van der Waals surface area contributed by atoms with Gasteiger partial charge in [0.25, 0.3) is 0 Å². The zero-order valence-corrected chi connectivity index (χ0v) is 9.06. The van der Waals surface area contributed by atoms with Crippen molar-refractivity contribution in [1.29, 1.82) is 0 Å². The number of hydrogen-bond acceptors (Lipinski definition) is 1. The molecule has 0 aliphatic heterocycles. The van der Waals surface area contributed by atoms with Gasteiger partial charge >= 0.3 is 0 Å². The minimum absolute atomic E-state index is 0.138. The molecule has 0 N–H and O–H groups in total. The molecule has 0 aromatic carbocycles. The summed E-state index contributed by atoms with van der Waals surface area (Å²) in [5, 5.41) is 0. The summed E-state index contributed by atoms with van der Waals surface area (Å²) >= 11 is 0. The van der Waals surface area contributed by atoms with Gasteiger partial charge in [0.05, 0.1) is 0 Å². The predicted octanol–water partition coefficient (Wildman–Crippen LogP) is 3.22. The lowest BCUT2D eigenvalue weighted by Crippen LogP contribution is -2.40.